The highest BCUT2D eigenvalue weighted by molar-refractivity contribution is 7.80. The Morgan fingerprint density at radius 3 is 2.67 bits per heavy atom. The van der Waals surface area contributed by atoms with Crippen LogP contribution in [0.1, 0.15) is 87.5 Å². The van der Waals surface area contributed by atoms with Crippen molar-refractivity contribution in [1.29, 1.82) is 0 Å². The predicted molar refractivity (Wildman–Crippen MR) is 138 cm³/mol. The molecule has 0 radical (unpaired) electrons. The van der Waals surface area contributed by atoms with Gasteiger partial charge in [0, 0.05) is 15.1 Å². The van der Waals surface area contributed by atoms with Gasteiger partial charge in [0.15, 0.2) is 5.11 Å². The Bertz CT molecular complexity index is 1040. The van der Waals surface area contributed by atoms with E-state index >= 15 is 0 Å². The maximum Gasteiger partial charge on any atom is 0.341 e. The van der Waals surface area contributed by atoms with E-state index < -0.39 is 0 Å². The van der Waals surface area contributed by atoms with Crippen molar-refractivity contribution in [2.24, 2.45) is 5.92 Å². The van der Waals surface area contributed by atoms with Crippen LogP contribution in [0, 0.1) is 5.92 Å². The lowest BCUT2D eigenvalue weighted by Gasteiger charge is -2.19. The van der Waals surface area contributed by atoms with Gasteiger partial charge in [0.1, 0.15) is 5.00 Å². The number of thiocarbonyl (C=S) groups is 1. The fraction of sp³-hybridized carbons (Fsp3) is 0.542. The maximum atomic E-state index is 12.8. The Morgan fingerprint density at radius 1 is 1.09 bits per heavy atom. The van der Waals surface area contributed by atoms with Gasteiger partial charge in [-0.05, 0) is 81.1 Å². The third-order valence-corrected chi connectivity index (χ3v) is 8.78. The van der Waals surface area contributed by atoms with Crippen LogP contribution in [0.25, 0.3) is 0 Å². The molecule has 2 aliphatic carbocycles. The molecule has 0 fully saturated rings. The number of carbonyl (C=O) groups excluding carboxylic acids is 2. The number of nitrogens with one attached hydrogen (secondary N) is 3. The Kier molecular flexibility index (Phi) is 8.03. The first kappa shape index (κ1) is 24.2. The van der Waals surface area contributed by atoms with Crippen LogP contribution in [-0.4, -0.2) is 23.6 Å². The van der Waals surface area contributed by atoms with E-state index in [4.69, 9.17) is 17.0 Å². The van der Waals surface area contributed by atoms with Gasteiger partial charge in [-0.15, -0.1) is 22.7 Å². The molecule has 178 valence electrons. The van der Waals surface area contributed by atoms with Gasteiger partial charge in [-0.1, -0.05) is 19.8 Å². The maximum absolute atomic E-state index is 12.8. The number of thiophene rings is 2. The third kappa shape index (κ3) is 5.58. The largest absolute Gasteiger partial charge is 0.462 e. The summed E-state index contributed by atoms with van der Waals surface area (Å²) in [5.41, 5.74) is 9.12. The predicted octanol–water partition coefficient (Wildman–Crippen LogP) is 5.40. The number of aryl methyl sites for hydroxylation is 1. The van der Waals surface area contributed by atoms with Crippen molar-refractivity contribution in [2.75, 3.05) is 11.9 Å². The van der Waals surface area contributed by atoms with Crippen molar-refractivity contribution in [3.8, 4) is 0 Å². The summed E-state index contributed by atoms with van der Waals surface area (Å²) in [7, 11) is 0. The molecular formula is C24H31N3O3S3. The van der Waals surface area contributed by atoms with E-state index in [1.165, 1.54) is 28.2 Å². The Balaban J connectivity index is 1.44. The average Bonchev–Trinajstić information content (AvgIpc) is 3.33. The fourth-order valence-corrected chi connectivity index (χ4v) is 7.35. The van der Waals surface area contributed by atoms with Crippen LogP contribution in [0.2, 0.25) is 0 Å². The summed E-state index contributed by atoms with van der Waals surface area (Å²) in [6.45, 7) is 4.39. The van der Waals surface area contributed by atoms with Crippen LogP contribution in [-0.2, 0) is 30.4 Å². The molecule has 3 N–H and O–H groups in total. The molecule has 9 heteroatoms. The van der Waals surface area contributed by atoms with Gasteiger partial charge in [0.2, 0.25) is 0 Å². The second-order valence-corrected chi connectivity index (χ2v) is 11.3. The number of rotatable bonds is 4. The molecule has 0 spiro atoms. The van der Waals surface area contributed by atoms with Crippen LogP contribution in [0.15, 0.2) is 5.38 Å². The van der Waals surface area contributed by atoms with Gasteiger partial charge >= 0.3 is 5.97 Å². The minimum atomic E-state index is -0.316. The highest BCUT2D eigenvalue weighted by atomic mass is 32.1. The molecule has 0 unspecified atom stereocenters. The minimum Gasteiger partial charge on any atom is -0.462 e. The Labute approximate surface area is 208 Å². The second-order valence-electron chi connectivity index (χ2n) is 8.77. The molecular weight excluding hydrogens is 474 g/mol. The first-order chi connectivity index (χ1) is 16.0. The third-order valence-electron chi connectivity index (χ3n) is 6.31. The zero-order chi connectivity index (χ0) is 23.4. The summed E-state index contributed by atoms with van der Waals surface area (Å²) < 4.78 is 5.35. The number of ether oxygens (including phenoxy) is 1. The normalized spacial score (nSPS) is 17.7. The molecule has 2 aliphatic rings. The molecule has 1 atom stereocenters. The summed E-state index contributed by atoms with van der Waals surface area (Å²) >= 11 is 8.68. The van der Waals surface area contributed by atoms with Gasteiger partial charge in [-0.2, -0.15) is 0 Å². The summed E-state index contributed by atoms with van der Waals surface area (Å²) in [5.74, 6) is 0.167. The first-order valence-corrected chi connectivity index (χ1v) is 13.9. The molecule has 2 aromatic rings. The average molecular weight is 506 g/mol. The Morgan fingerprint density at radius 2 is 1.88 bits per heavy atom. The van der Waals surface area contributed by atoms with Crippen molar-refractivity contribution in [1.82, 2.24) is 10.9 Å². The second kappa shape index (κ2) is 11.0. The van der Waals surface area contributed by atoms with Gasteiger partial charge in [0.05, 0.1) is 17.7 Å². The number of esters is 1. The lowest BCUT2D eigenvalue weighted by atomic mass is 9.88. The summed E-state index contributed by atoms with van der Waals surface area (Å²) in [6.07, 6.45) is 9.51. The van der Waals surface area contributed by atoms with Crippen LogP contribution < -0.4 is 16.2 Å². The molecule has 0 aliphatic heterocycles. The van der Waals surface area contributed by atoms with Crippen LogP contribution in [0.5, 0.6) is 0 Å². The zero-order valence-electron chi connectivity index (χ0n) is 19.2. The number of hydrogen-bond acceptors (Lipinski definition) is 6. The molecule has 1 amide bonds. The van der Waals surface area contributed by atoms with E-state index in [-0.39, 0.29) is 17.0 Å². The molecule has 0 aromatic carbocycles. The molecule has 0 bridgehead atoms. The minimum absolute atomic E-state index is 0.185. The lowest BCUT2D eigenvalue weighted by molar-refractivity contribution is 0.0526. The molecule has 0 saturated carbocycles. The number of hydrazine groups is 1. The van der Waals surface area contributed by atoms with Gasteiger partial charge in [-0.3, -0.25) is 15.6 Å². The van der Waals surface area contributed by atoms with E-state index in [0.717, 1.165) is 56.1 Å². The summed E-state index contributed by atoms with van der Waals surface area (Å²) in [6, 6.07) is 0. The fourth-order valence-electron chi connectivity index (χ4n) is 4.61. The molecule has 33 heavy (non-hydrogen) atoms. The van der Waals surface area contributed by atoms with Crippen molar-refractivity contribution in [3.05, 3.63) is 37.4 Å². The van der Waals surface area contributed by atoms with Gasteiger partial charge in [-0.25, -0.2) is 4.79 Å². The van der Waals surface area contributed by atoms with Gasteiger partial charge in [0.25, 0.3) is 5.91 Å². The monoisotopic (exact) mass is 505 g/mol. The van der Waals surface area contributed by atoms with Crippen LogP contribution >= 0.6 is 34.9 Å². The highest BCUT2D eigenvalue weighted by Gasteiger charge is 2.26. The van der Waals surface area contributed by atoms with E-state index in [2.05, 4.69) is 23.1 Å². The Hall–Kier alpha value is -1.97. The van der Waals surface area contributed by atoms with Crippen molar-refractivity contribution < 1.29 is 14.3 Å². The standard InChI is InChI=1S/C24H31N3O3S3/c1-3-30-23(29)20-16-8-6-4-5-7-9-18(16)33-22(20)25-24(31)27-26-21(28)17-13-32-19-12-14(2)10-11-15(17)19/h13-14H,3-12H2,1-2H3,(H,26,28)(H2,25,27,31)/t14-/m1/s1. The molecule has 0 saturated heterocycles. The highest BCUT2D eigenvalue weighted by Crippen LogP contribution is 2.37. The van der Waals surface area contributed by atoms with E-state index in [1.54, 1.807) is 22.7 Å². The van der Waals surface area contributed by atoms with Crippen LogP contribution in [0.4, 0.5) is 5.00 Å². The quantitative estimate of drug-likeness (QED) is 0.293. The molecule has 2 aromatic heterocycles. The number of amides is 1. The van der Waals surface area contributed by atoms with Crippen molar-refractivity contribution in [2.45, 2.75) is 71.6 Å². The van der Waals surface area contributed by atoms with Gasteiger partial charge < -0.3 is 10.1 Å². The lowest BCUT2D eigenvalue weighted by Crippen LogP contribution is -2.44. The number of hydrogen-bond donors (Lipinski definition) is 3. The molecule has 2 heterocycles. The van der Waals surface area contributed by atoms with Crippen molar-refractivity contribution in [3.63, 3.8) is 0 Å². The zero-order valence-corrected chi connectivity index (χ0v) is 21.6. The van der Waals surface area contributed by atoms with E-state index in [0.29, 0.717) is 23.1 Å². The number of fused-ring (bicyclic) bond motifs is 2. The van der Waals surface area contributed by atoms with Crippen molar-refractivity contribution >= 4 is 56.9 Å². The number of anilines is 1. The SMILES string of the molecule is CCOC(=O)c1c(NC(=S)NNC(=O)c2csc3c2CC[C@@H](C)C3)sc2c1CCCCCC2. The van der Waals surface area contributed by atoms with E-state index in [1.807, 2.05) is 12.3 Å². The first-order valence-electron chi connectivity index (χ1n) is 11.8. The summed E-state index contributed by atoms with van der Waals surface area (Å²) in [4.78, 5) is 28.1. The van der Waals surface area contributed by atoms with E-state index in [9.17, 15) is 9.59 Å². The molecule has 6 nitrogen and oxygen atoms in total. The molecule has 4 rings (SSSR count). The van der Waals surface area contributed by atoms with Crippen LogP contribution in [0.3, 0.4) is 0 Å². The summed E-state index contributed by atoms with van der Waals surface area (Å²) in [5, 5.41) is 6.02. The number of carbonyl (C=O) groups is 2. The topological polar surface area (TPSA) is 79.5 Å². The smallest absolute Gasteiger partial charge is 0.341 e.